The summed E-state index contributed by atoms with van der Waals surface area (Å²) in [5.74, 6) is -0.490. The summed E-state index contributed by atoms with van der Waals surface area (Å²) in [6, 6.07) is 6.60. The Labute approximate surface area is 168 Å². The fourth-order valence-corrected chi connectivity index (χ4v) is 3.35. The van der Waals surface area contributed by atoms with Crippen molar-refractivity contribution in [1.29, 1.82) is 0 Å². The van der Waals surface area contributed by atoms with Gasteiger partial charge in [-0.25, -0.2) is 0 Å². The number of hydrogen-bond donors (Lipinski definition) is 2. The van der Waals surface area contributed by atoms with Crippen LogP contribution in [0.2, 0.25) is 0 Å². The number of aryl methyl sites for hydroxylation is 1. The fraction of sp³-hybridized carbons (Fsp3) is 0.591. The zero-order valence-corrected chi connectivity index (χ0v) is 17.3. The van der Waals surface area contributed by atoms with Crippen LogP contribution in [0.1, 0.15) is 61.9 Å². The largest absolute Gasteiger partial charge is 0.354 e. The number of carbonyl (C=O) groups excluding carboxylic acids is 3. The zero-order chi connectivity index (χ0) is 20.5. The third-order valence-electron chi connectivity index (χ3n) is 5.15. The molecule has 154 valence electrons. The zero-order valence-electron chi connectivity index (χ0n) is 17.3. The van der Waals surface area contributed by atoms with Gasteiger partial charge in [0.15, 0.2) is 0 Å². The van der Waals surface area contributed by atoms with Crippen molar-refractivity contribution in [3.8, 4) is 0 Å². The summed E-state index contributed by atoms with van der Waals surface area (Å²) in [5.41, 5.74) is 1.60. The van der Waals surface area contributed by atoms with Crippen LogP contribution in [-0.2, 0) is 9.59 Å². The summed E-state index contributed by atoms with van der Waals surface area (Å²) < 4.78 is 0. The molecule has 1 saturated heterocycles. The third kappa shape index (κ3) is 6.66. The monoisotopic (exact) mass is 387 g/mol. The molecular formula is C22H33N3O3. The van der Waals surface area contributed by atoms with Gasteiger partial charge in [0.05, 0.1) is 0 Å². The van der Waals surface area contributed by atoms with Crippen LogP contribution in [0.25, 0.3) is 0 Å². The highest BCUT2D eigenvalue weighted by Crippen LogP contribution is 2.11. The topological polar surface area (TPSA) is 78.5 Å². The normalized spacial score (nSPS) is 15.6. The molecule has 3 amide bonds. The van der Waals surface area contributed by atoms with E-state index in [4.69, 9.17) is 0 Å². The van der Waals surface area contributed by atoms with Gasteiger partial charge < -0.3 is 15.5 Å². The molecule has 2 N–H and O–H groups in total. The van der Waals surface area contributed by atoms with E-state index in [2.05, 4.69) is 10.6 Å². The van der Waals surface area contributed by atoms with Crippen molar-refractivity contribution < 1.29 is 14.4 Å². The van der Waals surface area contributed by atoms with Gasteiger partial charge in [0.2, 0.25) is 11.8 Å². The van der Waals surface area contributed by atoms with E-state index >= 15 is 0 Å². The number of rotatable bonds is 7. The number of hydrogen-bond acceptors (Lipinski definition) is 3. The van der Waals surface area contributed by atoms with Gasteiger partial charge in [-0.05, 0) is 37.8 Å². The Morgan fingerprint density at radius 2 is 1.61 bits per heavy atom. The molecule has 28 heavy (non-hydrogen) atoms. The van der Waals surface area contributed by atoms with Gasteiger partial charge in [-0.15, -0.1) is 0 Å². The Hall–Kier alpha value is -2.37. The molecule has 1 aliphatic heterocycles. The lowest BCUT2D eigenvalue weighted by Crippen LogP contribution is -2.50. The summed E-state index contributed by atoms with van der Waals surface area (Å²) in [6.07, 6.45) is 4.76. The second-order valence-electron chi connectivity index (χ2n) is 7.90. The van der Waals surface area contributed by atoms with Crippen LogP contribution < -0.4 is 10.6 Å². The minimum atomic E-state index is -0.637. The Kier molecular flexibility index (Phi) is 8.48. The molecule has 1 heterocycles. The number of amides is 3. The number of nitrogens with zero attached hydrogens (tertiary/aromatic N) is 1. The summed E-state index contributed by atoms with van der Waals surface area (Å²) >= 11 is 0. The SMILES string of the molecule is Cc1ccc(C(=O)NC(C(=O)NCCC(=O)N2CCCCCC2)C(C)C)cc1. The summed E-state index contributed by atoms with van der Waals surface area (Å²) in [4.78, 5) is 39.2. The fourth-order valence-electron chi connectivity index (χ4n) is 3.35. The second kappa shape index (κ2) is 10.8. The van der Waals surface area contributed by atoms with E-state index in [1.54, 1.807) is 12.1 Å². The molecule has 0 saturated carbocycles. The minimum Gasteiger partial charge on any atom is -0.354 e. The Morgan fingerprint density at radius 1 is 1.00 bits per heavy atom. The molecular weight excluding hydrogens is 354 g/mol. The van der Waals surface area contributed by atoms with E-state index < -0.39 is 6.04 Å². The second-order valence-corrected chi connectivity index (χ2v) is 7.90. The minimum absolute atomic E-state index is 0.0595. The lowest BCUT2D eigenvalue weighted by Gasteiger charge is -2.23. The molecule has 6 nitrogen and oxygen atoms in total. The quantitative estimate of drug-likeness (QED) is 0.755. The summed E-state index contributed by atoms with van der Waals surface area (Å²) in [6.45, 7) is 7.66. The van der Waals surface area contributed by atoms with Crippen LogP contribution in [0.15, 0.2) is 24.3 Å². The first-order valence-electron chi connectivity index (χ1n) is 10.3. The van der Waals surface area contributed by atoms with Crippen molar-refractivity contribution in [2.75, 3.05) is 19.6 Å². The van der Waals surface area contributed by atoms with Crippen LogP contribution in [0.4, 0.5) is 0 Å². The van der Waals surface area contributed by atoms with E-state index in [1.807, 2.05) is 37.8 Å². The third-order valence-corrected chi connectivity index (χ3v) is 5.15. The number of carbonyl (C=O) groups is 3. The lowest BCUT2D eigenvalue weighted by atomic mass is 10.0. The molecule has 1 fully saturated rings. The molecule has 6 heteroatoms. The van der Waals surface area contributed by atoms with Crippen LogP contribution in [0.3, 0.4) is 0 Å². The van der Waals surface area contributed by atoms with Crippen molar-refractivity contribution >= 4 is 17.7 Å². The van der Waals surface area contributed by atoms with E-state index in [9.17, 15) is 14.4 Å². The van der Waals surface area contributed by atoms with Gasteiger partial charge in [0.1, 0.15) is 6.04 Å². The lowest BCUT2D eigenvalue weighted by molar-refractivity contribution is -0.131. The highest BCUT2D eigenvalue weighted by Gasteiger charge is 2.25. The van der Waals surface area contributed by atoms with Crippen molar-refractivity contribution in [2.24, 2.45) is 5.92 Å². The maximum Gasteiger partial charge on any atom is 0.251 e. The first-order chi connectivity index (χ1) is 13.4. The van der Waals surface area contributed by atoms with Crippen LogP contribution in [0, 0.1) is 12.8 Å². The molecule has 1 aromatic carbocycles. The van der Waals surface area contributed by atoms with E-state index in [1.165, 1.54) is 12.8 Å². The molecule has 0 spiro atoms. The van der Waals surface area contributed by atoms with Gasteiger partial charge in [-0.2, -0.15) is 0 Å². The Morgan fingerprint density at radius 3 is 2.18 bits per heavy atom. The molecule has 1 aliphatic rings. The van der Waals surface area contributed by atoms with Crippen LogP contribution in [-0.4, -0.2) is 48.3 Å². The highest BCUT2D eigenvalue weighted by molar-refractivity contribution is 5.97. The standard InChI is InChI=1S/C22H33N3O3/c1-16(2)20(24-21(27)18-10-8-17(3)9-11-18)22(28)23-13-12-19(26)25-14-6-4-5-7-15-25/h8-11,16,20H,4-7,12-15H2,1-3H3,(H,23,28)(H,24,27). The van der Waals surface area contributed by atoms with Crippen molar-refractivity contribution in [3.05, 3.63) is 35.4 Å². The first-order valence-corrected chi connectivity index (χ1v) is 10.3. The predicted molar refractivity (Wildman–Crippen MR) is 110 cm³/mol. The number of likely N-dealkylation sites (tertiary alicyclic amines) is 1. The molecule has 0 aromatic heterocycles. The number of nitrogens with one attached hydrogen (secondary N) is 2. The summed E-state index contributed by atoms with van der Waals surface area (Å²) in [7, 11) is 0. The number of benzene rings is 1. The van der Waals surface area contributed by atoms with Gasteiger partial charge in [-0.1, -0.05) is 44.4 Å². The van der Waals surface area contributed by atoms with Gasteiger partial charge in [0, 0.05) is 31.6 Å². The molecule has 0 radical (unpaired) electrons. The maximum absolute atomic E-state index is 12.6. The molecule has 1 atom stereocenters. The molecule has 2 rings (SSSR count). The summed E-state index contributed by atoms with van der Waals surface area (Å²) in [5, 5.41) is 5.63. The van der Waals surface area contributed by atoms with E-state index in [0.717, 1.165) is 31.5 Å². The molecule has 0 bridgehead atoms. The predicted octanol–water partition coefficient (Wildman–Crippen LogP) is 2.66. The Bertz CT molecular complexity index is 662. The van der Waals surface area contributed by atoms with Crippen LogP contribution in [0.5, 0.6) is 0 Å². The van der Waals surface area contributed by atoms with Gasteiger partial charge in [-0.3, -0.25) is 14.4 Å². The average molecular weight is 388 g/mol. The van der Waals surface area contributed by atoms with E-state index in [-0.39, 0.29) is 30.2 Å². The maximum atomic E-state index is 12.6. The highest BCUT2D eigenvalue weighted by atomic mass is 16.2. The van der Waals surface area contributed by atoms with E-state index in [0.29, 0.717) is 12.0 Å². The van der Waals surface area contributed by atoms with Gasteiger partial charge in [0.25, 0.3) is 5.91 Å². The average Bonchev–Trinajstić information content (AvgIpc) is 2.95. The van der Waals surface area contributed by atoms with Crippen molar-refractivity contribution in [1.82, 2.24) is 15.5 Å². The van der Waals surface area contributed by atoms with Crippen molar-refractivity contribution in [3.63, 3.8) is 0 Å². The van der Waals surface area contributed by atoms with Gasteiger partial charge >= 0.3 is 0 Å². The molecule has 1 unspecified atom stereocenters. The smallest absolute Gasteiger partial charge is 0.251 e. The van der Waals surface area contributed by atoms with Crippen LogP contribution >= 0.6 is 0 Å². The molecule has 0 aliphatic carbocycles. The molecule has 1 aromatic rings. The Balaban J connectivity index is 1.84. The van der Waals surface area contributed by atoms with Crippen molar-refractivity contribution in [2.45, 2.75) is 58.9 Å². The first kappa shape index (κ1) is 21.9.